The second-order valence-electron chi connectivity index (χ2n) is 2.25. The number of hydrogen-bond donors (Lipinski definition) is 1. The first-order valence-electron chi connectivity index (χ1n) is 3.03. The maximum atomic E-state index is 10.1. The lowest BCUT2D eigenvalue weighted by Gasteiger charge is -2.08. The molecule has 0 aromatic rings. The summed E-state index contributed by atoms with van der Waals surface area (Å²) in [7, 11) is 0. The van der Waals surface area contributed by atoms with Gasteiger partial charge in [-0.05, 0) is 19.1 Å². The highest BCUT2D eigenvalue weighted by molar-refractivity contribution is 5.62. The van der Waals surface area contributed by atoms with Crippen LogP contribution in [0.2, 0.25) is 0 Å². The fourth-order valence-corrected chi connectivity index (χ4v) is 0.809. The van der Waals surface area contributed by atoms with E-state index in [1.54, 1.807) is 24.2 Å². The fourth-order valence-electron chi connectivity index (χ4n) is 0.809. The zero-order valence-corrected chi connectivity index (χ0v) is 5.66. The molecule has 2 heteroatoms. The minimum absolute atomic E-state index is 0.297. The number of aliphatic hydroxyl groups is 1. The van der Waals surface area contributed by atoms with Gasteiger partial charge in [0.05, 0.1) is 5.57 Å². The van der Waals surface area contributed by atoms with Crippen molar-refractivity contribution in [2.24, 2.45) is 0 Å². The van der Waals surface area contributed by atoms with Crippen molar-refractivity contribution < 1.29 is 9.90 Å². The second kappa shape index (κ2) is 2.65. The Hall–Kier alpha value is -1.11. The molecule has 10 heavy (non-hydrogen) atoms. The van der Waals surface area contributed by atoms with Crippen LogP contribution in [-0.2, 0) is 4.79 Å². The summed E-state index contributed by atoms with van der Waals surface area (Å²) in [6, 6.07) is 0. The van der Waals surface area contributed by atoms with Crippen LogP contribution in [0.25, 0.3) is 0 Å². The summed E-state index contributed by atoms with van der Waals surface area (Å²) in [5.41, 5.74) is 1.26. The summed E-state index contributed by atoms with van der Waals surface area (Å²) in [6.45, 7) is 1.86. The first-order chi connectivity index (χ1) is 4.74. The lowest BCUT2D eigenvalue weighted by atomic mass is 10.0. The Bertz CT molecular complexity index is 242. The van der Waals surface area contributed by atoms with Crippen LogP contribution >= 0.6 is 0 Å². The van der Waals surface area contributed by atoms with E-state index in [0.717, 1.165) is 5.57 Å². The third-order valence-electron chi connectivity index (χ3n) is 1.38. The van der Waals surface area contributed by atoms with Crippen molar-refractivity contribution in [2.75, 3.05) is 0 Å². The van der Waals surface area contributed by atoms with Crippen LogP contribution in [0, 0.1) is 0 Å². The Balaban J connectivity index is 2.95. The van der Waals surface area contributed by atoms with Crippen molar-refractivity contribution in [1.82, 2.24) is 0 Å². The van der Waals surface area contributed by atoms with Gasteiger partial charge in [-0.25, -0.2) is 4.79 Å². The van der Waals surface area contributed by atoms with Gasteiger partial charge in [0, 0.05) is 0 Å². The third-order valence-corrected chi connectivity index (χ3v) is 1.38. The smallest absolute Gasteiger partial charge is 0.131 e. The van der Waals surface area contributed by atoms with Crippen molar-refractivity contribution in [1.29, 1.82) is 0 Å². The average Bonchev–Trinajstić information content (AvgIpc) is 1.88. The fraction of sp³-hybridized carbons (Fsp3) is 0.250. The molecular weight excluding hydrogens is 128 g/mol. The summed E-state index contributed by atoms with van der Waals surface area (Å²) < 4.78 is 0. The first-order valence-corrected chi connectivity index (χ1v) is 3.03. The molecule has 1 aliphatic carbocycles. The van der Waals surface area contributed by atoms with Gasteiger partial charge >= 0.3 is 0 Å². The van der Waals surface area contributed by atoms with E-state index in [1.165, 1.54) is 0 Å². The summed E-state index contributed by atoms with van der Waals surface area (Å²) in [5.74, 6) is 1.66. The molecule has 0 saturated heterocycles. The number of carbonyl (C=O) groups excluding carboxylic acids is 1. The van der Waals surface area contributed by atoms with Gasteiger partial charge in [-0.2, -0.15) is 0 Å². The normalized spacial score (nSPS) is 24.0. The molecule has 0 saturated carbocycles. The zero-order valence-electron chi connectivity index (χ0n) is 5.66. The maximum absolute atomic E-state index is 10.1. The topological polar surface area (TPSA) is 37.3 Å². The van der Waals surface area contributed by atoms with Gasteiger partial charge in [0.15, 0.2) is 0 Å². The quantitative estimate of drug-likeness (QED) is 0.496. The predicted molar refractivity (Wildman–Crippen MR) is 38.1 cm³/mol. The van der Waals surface area contributed by atoms with Crippen LogP contribution in [0.3, 0.4) is 0 Å². The predicted octanol–water partition coefficient (Wildman–Crippen LogP) is 0.621. The van der Waals surface area contributed by atoms with Crippen molar-refractivity contribution in [3.63, 3.8) is 0 Å². The van der Waals surface area contributed by atoms with Gasteiger partial charge in [-0.3, -0.25) is 0 Å². The molecule has 1 N–H and O–H groups in total. The zero-order chi connectivity index (χ0) is 7.56. The highest BCUT2D eigenvalue weighted by Crippen LogP contribution is 2.12. The van der Waals surface area contributed by atoms with E-state index in [1.807, 2.05) is 6.92 Å². The van der Waals surface area contributed by atoms with Gasteiger partial charge in [-0.15, -0.1) is 0 Å². The minimum Gasteiger partial charge on any atom is -0.383 e. The van der Waals surface area contributed by atoms with E-state index in [9.17, 15) is 4.79 Å². The highest BCUT2D eigenvalue weighted by Gasteiger charge is 2.09. The number of aliphatic hydroxyl groups excluding tert-OH is 1. The average molecular weight is 136 g/mol. The molecule has 1 unspecified atom stereocenters. The number of rotatable bonds is 0. The molecule has 0 aromatic heterocycles. The minimum atomic E-state index is -0.762. The van der Waals surface area contributed by atoms with Crippen molar-refractivity contribution in [3.05, 3.63) is 29.4 Å². The monoisotopic (exact) mass is 136 g/mol. The summed E-state index contributed by atoms with van der Waals surface area (Å²) in [5, 5.41) is 9.11. The number of allylic oxidation sites excluding steroid dienone is 2. The lowest BCUT2D eigenvalue weighted by Crippen LogP contribution is -2.08. The third kappa shape index (κ3) is 1.24. The van der Waals surface area contributed by atoms with Gasteiger partial charge in [0.25, 0.3) is 0 Å². The molecule has 0 fully saturated rings. The van der Waals surface area contributed by atoms with Crippen LogP contribution in [0.1, 0.15) is 6.92 Å². The van der Waals surface area contributed by atoms with Gasteiger partial charge in [0.2, 0.25) is 0 Å². The van der Waals surface area contributed by atoms with Crippen molar-refractivity contribution in [2.45, 2.75) is 13.0 Å². The van der Waals surface area contributed by atoms with Crippen LogP contribution in [0.4, 0.5) is 0 Å². The summed E-state index contributed by atoms with van der Waals surface area (Å²) in [6.07, 6.45) is 4.20. The Labute approximate surface area is 59.2 Å². The van der Waals surface area contributed by atoms with Crippen LogP contribution < -0.4 is 0 Å². The van der Waals surface area contributed by atoms with Crippen LogP contribution in [0.5, 0.6) is 0 Å². The van der Waals surface area contributed by atoms with E-state index < -0.39 is 6.10 Å². The van der Waals surface area contributed by atoms with Gasteiger partial charge in [0.1, 0.15) is 12.0 Å². The Morgan fingerprint density at radius 1 is 1.60 bits per heavy atom. The SMILES string of the molecule is CC1=CC(O)C(=C=O)C=C1. The molecule has 0 bridgehead atoms. The molecule has 1 atom stereocenters. The molecule has 0 heterocycles. The largest absolute Gasteiger partial charge is 0.383 e. The van der Waals surface area contributed by atoms with E-state index in [-0.39, 0.29) is 0 Å². The highest BCUT2D eigenvalue weighted by atomic mass is 16.3. The molecule has 0 aliphatic heterocycles. The van der Waals surface area contributed by atoms with Crippen LogP contribution in [0.15, 0.2) is 29.4 Å². The van der Waals surface area contributed by atoms with Crippen molar-refractivity contribution in [3.8, 4) is 0 Å². The molecule has 0 spiro atoms. The van der Waals surface area contributed by atoms with E-state index in [4.69, 9.17) is 5.11 Å². The molecule has 2 nitrogen and oxygen atoms in total. The van der Waals surface area contributed by atoms with E-state index in [2.05, 4.69) is 0 Å². The second-order valence-corrected chi connectivity index (χ2v) is 2.25. The molecule has 1 aliphatic rings. The Morgan fingerprint density at radius 2 is 2.30 bits per heavy atom. The first kappa shape index (κ1) is 7.00. The molecule has 0 radical (unpaired) electrons. The van der Waals surface area contributed by atoms with Crippen molar-refractivity contribution >= 4 is 5.94 Å². The molecule has 52 valence electrons. The van der Waals surface area contributed by atoms with Gasteiger partial charge in [-0.1, -0.05) is 11.6 Å². The maximum Gasteiger partial charge on any atom is 0.131 e. The number of hydrogen-bond acceptors (Lipinski definition) is 2. The molecule has 0 amide bonds. The summed E-state index contributed by atoms with van der Waals surface area (Å²) in [4.78, 5) is 10.1. The van der Waals surface area contributed by atoms with E-state index in [0.29, 0.717) is 5.57 Å². The van der Waals surface area contributed by atoms with Crippen LogP contribution in [-0.4, -0.2) is 17.2 Å². The Morgan fingerprint density at radius 3 is 2.80 bits per heavy atom. The standard InChI is InChI=1S/C8H8O2/c1-6-2-3-7(5-9)8(10)4-6/h2-4,8,10H,1H3. The molecule has 1 rings (SSSR count). The molecule has 0 aromatic carbocycles. The van der Waals surface area contributed by atoms with Gasteiger partial charge < -0.3 is 5.11 Å². The summed E-state index contributed by atoms with van der Waals surface area (Å²) >= 11 is 0. The van der Waals surface area contributed by atoms with E-state index >= 15 is 0 Å². The lowest BCUT2D eigenvalue weighted by molar-refractivity contribution is 0.262. The Kier molecular flexibility index (Phi) is 1.86. The molecular formula is C8H8O2.